The zero-order valence-corrected chi connectivity index (χ0v) is 19.7. The Morgan fingerprint density at radius 1 is 1.21 bits per heavy atom. The molecular weight excluding hydrogens is 495 g/mol. The maximum atomic E-state index is 12.6. The second-order valence-electron chi connectivity index (χ2n) is 6.30. The summed E-state index contributed by atoms with van der Waals surface area (Å²) in [6.45, 7) is 4.62. The van der Waals surface area contributed by atoms with Crippen molar-refractivity contribution in [2.45, 2.75) is 37.3 Å². The van der Waals surface area contributed by atoms with Crippen LogP contribution in [-0.2, 0) is 12.3 Å². The number of benzene rings is 2. The average molecular weight is 514 g/mol. The van der Waals surface area contributed by atoms with Crippen LogP contribution in [0.4, 0.5) is 0 Å². The molecule has 0 saturated heterocycles. The molecule has 0 aliphatic carbocycles. The highest BCUT2D eigenvalue weighted by Gasteiger charge is 2.20. The van der Waals surface area contributed by atoms with Gasteiger partial charge in [0.05, 0.1) is 21.7 Å². The van der Waals surface area contributed by atoms with Crippen molar-refractivity contribution < 1.29 is 4.79 Å². The summed E-state index contributed by atoms with van der Waals surface area (Å²) >= 11 is 17.0. The fourth-order valence-corrected chi connectivity index (χ4v) is 4.52. The highest BCUT2D eigenvalue weighted by Crippen LogP contribution is 2.28. The lowest BCUT2D eigenvalue weighted by molar-refractivity contribution is 0.0936. The molecule has 29 heavy (non-hydrogen) atoms. The Kier molecular flexibility index (Phi) is 7.62. The van der Waals surface area contributed by atoms with E-state index in [1.54, 1.807) is 23.9 Å². The minimum Gasteiger partial charge on any atom is -0.342 e. The Morgan fingerprint density at radius 3 is 2.66 bits per heavy atom. The largest absolute Gasteiger partial charge is 0.342 e. The number of amides is 1. The van der Waals surface area contributed by atoms with Gasteiger partial charge in [-0.15, -0.1) is 10.2 Å². The summed E-state index contributed by atoms with van der Waals surface area (Å²) in [5, 5.41) is 13.5. The number of halogens is 3. The minimum atomic E-state index is -0.290. The molecule has 0 saturated carbocycles. The van der Waals surface area contributed by atoms with Gasteiger partial charge in [0, 0.05) is 16.8 Å². The zero-order valence-electron chi connectivity index (χ0n) is 15.8. The van der Waals surface area contributed by atoms with Crippen molar-refractivity contribution in [2.24, 2.45) is 0 Å². The van der Waals surface area contributed by atoms with Gasteiger partial charge in [-0.25, -0.2) is 0 Å². The van der Waals surface area contributed by atoms with E-state index in [9.17, 15) is 4.79 Å². The Bertz CT molecular complexity index is 1030. The molecule has 1 unspecified atom stereocenters. The molecule has 0 radical (unpaired) electrons. The van der Waals surface area contributed by atoms with Gasteiger partial charge in [0.1, 0.15) is 0 Å². The van der Waals surface area contributed by atoms with Crippen LogP contribution in [0.25, 0.3) is 0 Å². The monoisotopic (exact) mass is 512 g/mol. The van der Waals surface area contributed by atoms with E-state index >= 15 is 0 Å². The van der Waals surface area contributed by atoms with Crippen molar-refractivity contribution in [1.82, 2.24) is 20.1 Å². The maximum Gasteiger partial charge on any atom is 0.253 e. The number of aromatic nitrogens is 3. The van der Waals surface area contributed by atoms with Gasteiger partial charge >= 0.3 is 0 Å². The third-order valence-electron chi connectivity index (χ3n) is 4.27. The molecule has 1 amide bonds. The third-order valence-corrected chi connectivity index (χ3v) is 6.74. The Labute approximate surface area is 192 Å². The van der Waals surface area contributed by atoms with E-state index in [1.807, 2.05) is 48.7 Å². The van der Waals surface area contributed by atoms with E-state index in [0.717, 1.165) is 15.2 Å². The van der Waals surface area contributed by atoms with E-state index in [0.29, 0.717) is 33.7 Å². The zero-order chi connectivity index (χ0) is 21.0. The quantitative estimate of drug-likeness (QED) is 0.385. The maximum absolute atomic E-state index is 12.6. The predicted molar refractivity (Wildman–Crippen MR) is 122 cm³/mol. The van der Waals surface area contributed by atoms with Crippen LogP contribution in [0.2, 0.25) is 10.0 Å². The highest BCUT2D eigenvalue weighted by molar-refractivity contribution is 9.10. The molecule has 3 aromatic rings. The van der Waals surface area contributed by atoms with Gasteiger partial charge < -0.3 is 9.88 Å². The Hall–Kier alpha value is -1.54. The van der Waals surface area contributed by atoms with Crippen molar-refractivity contribution in [2.75, 3.05) is 0 Å². The number of carbonyl (C=O) groups excluding carboxylic acids is 1. The molecule has 2 aromatic carbocycles. The van der Waals surface area contributed by atoms with Crippen LogP contribution in [0.1, 0.15) is 41.6 Å². The fraction of sp³-hybridized carbons (Fsp3) is 0.250. The molecule has 1 aromatic heterocycles. The molecule has 0 aliphatic heterocycles. The van der Waals surface area contributed by atoms with Gasteiger partial charge in [0.15, 0.2) is 11.0 Å². The molecule has 1 N–H and O–H groups in total. The first-order valence-electron chi connectivity index (χ1n) is 8.96. The van der Waals surface area contributed by atoms with E-state index in [1.165, 1.54) is 0 Å². The Balaban J connectivity index is 1.72. The SMILES string of the molecule is CCn1c(SCc2ccc(Cl)c(Cl)c2)nnc1C(C)NC(=O)c1ccccc1Br. The Morgan fingerprint density at radius 2 is 1.97 bits per heavy atom. The topological polar surface area (TPSA) is 59.8 Å². The van der Waals surface area contributed by atoms with Crippen LogP contribution in [0, 0.1) is 0 Å². The standard InChI is InChI=1S/C20H19BrCl2N4OS/c1-3-27-18(12(2)24-19(28)14-6-4-5-7-15(14)21)25-26-20(27)29-11-13-8-9-16(22)17(23)10-13/h4-10,12H,3,11H2,1-2H3,(H,24,28). The summed E-state index contributed by atoms with van der Waals surface area (Å²) in [6.07, 6.45) is 0. The normalized spacial score (nSPS) is 12.0. The summed E-state index contributed by atoms with van der Waals surface area (Å²) in [4.78, 5) is 12.6. The number of thioether (sulfide) groups is 1. The molecule has 1 heterocycles. The van der Waals surface area contributed by atoms with E-state index < -0.39 is 0 Å². The van der Waals surface area contributed by atoms with Gasteiger partial charge in [-0.3, -0.25) is 4.79 Å². The highest BCUT2D eigenvalue weighted by atomic mass is 79.9. The van der Waals surface area contributed by atoms with Crippen LogP contribution in [-0.4, -0.2) is 20.7 Å². The lowest BCUT2D eigenvalue weighted by Gasteiger charge is -2.15. The molecule has 0 bridgehead atoms. The van der Waals surface area contributed by atoms with E-state index in [4.69, 9.17) is 23.2 Å². The first-order chi connectivity index (χ1) is 13.9. The number of carbonyl (C=O) groups is 1. The van der Waals surface area contributed by atoms with Gasteiger partial charge in [-0.2, -0.15) is 0 Å². The number of nitrogens with zero attached hydrogens (tertiary/aromatic N) is 3. The van der Waals surface area contributed by atoms with Crippen LogP contribution < -0.4 is 5.32 Å². The predicted octanol–water partition coefficient (Wildman–Crippen LogP) is 6.15. The first kappa shape index (κ1) is 22.2. The first-order valence-corrected chi connectivity index (χ1v) is 11.5. The number of hydrogen-bond acceptors (Lipinski definition) is 4. The summed E-state index contributed by atoms with van der Waals surface area (Å²) in [6, 6.07) is 12.6. The molecule has 152 valence electrons. The number of nitrogens with one attached hydrogen (secondary N) is 1. The molecule has 3 rings (SSSR count). The van der Waals surface area contributed by atoms with Crippen molar-refractivity contribution in [3.05, 3.63) is 73.9 Å². The van der Waals surface area contributed by atoms with Gasteiger partial charge in [-0.05, 0) is 59.6 Å². The lowest BCUT2D eigenvalue weighted by Crippen LogP contribution is -2.29. The second kappa shape index (κ2) is 9.98. The van der Waals surface area contributed by atoms with Crippen molar-refractivity contribution >= 4 is 56.8 Å². The van der Waals surface area contributed by atoms with E-state index in [-0.39, 0.29) is 11.9 Å². The second-order valence-corrected chi connectivity index (χ2v) is 8.91. The summed E-state index contributed by atoms with van der Waals surface area (Å²) in [7, 11) is 0. The van der Waals surface area contributed by atoms with Gasteiger partial charge in [0.25, 0.3) is 5.91 Å². The fourth-order valence-electron chi connectivity index (χ4n) is 2.79. The molecule has 0 spiro atoms. The number of rotatable bonds is 7. The minimum absolute atomic E-state index is 0.166. The van der Waals surface area contributed by atoms with Crippen LogP contribution in [0.5, 0.6) is 0 Å². The van der Waals surface area contributed by atoms with Gasteiger partial charge in [0.2, 0.25) is 0 Å². The van der Waals surface area contributed by atoms with Crippen LogP contribution in [0.3, 0.4) is 0 Å². The van der Waals surface area contributed by atoms with Crippen LogP contribution >= 0.6 is 50.9 Å². The van der Waals surface area contributed by atoms with Crippen molar-refractivity contribution in [3.63, 3.8) is 0 Å². The molecule has 1 atom stereocenters. The van der Waals surface area contributed by atoms with E-state index in [2.05, 4.69) is 31.4 Å². The third kappa shape index (κ3) is 5.34. The molecular formula is C20H19BrCl2N4OS. The van der Waals surface area contributed by atoms with Crippen molar-refractivity contribution in [3.8, 4) is 0 Å². The molecule has 5 nitrogen and oxygen atoms in total. The molecule has 0 aliphatic rings. The lowest BCUT2D eigenvalue weighted by atomic mass is 10.2. The molecule has 0 fully saturated rings. The summed E-state index contributed by atoms with van der Waals surface area (Å²) in [5.74, 6) is 1.23. The smallest absolute Gasteiger partial charge is 0.253 e. The van der Waals surface area contributed by atoms with Crippen LogP contribution in [0.15, 0.2) is 52.1 Å². The van der Waals surface area contributed by atoms with Crippen molar-refractivity contribution in [1.29, 1.82) is 0 Å². The summed E-state index contributed by atoms with van der Waals surface area (Å²) in [5.41, 5.74) is 1.63. The molecule has 9 heteroatoms. The van der Waals surface area contributed by atoms with Gasteiger partial charge in [-0.1, -0.05) is 53.2 Å². The number of hydrogen-bond donors (Lipinski definition) is 1. The summed E-state index contributed by atoms with van der Waals surface area (Å²) < 4.78 is 2.76. The average Bonchev–Trinajstić information content (AvgIpc) is 3.12.